The predicted molar refractivity (Wildman–Crippen MR) is 140 cm³/mol. The lowest BCUT2D eigenvalue weighted by Gasteiger charge is -2.11. The molecule has 0 saturated carbocycles. The maximum Gasteiger partial charge on any atom is 0.323 e. The van der Waals surface area contributed by atoms with E-state index >= 15 is 0 Å². The van der Waals surface area contributed by atoms with Gasteiger partial charge in [0.15, 0.2) is 0 Å². The number of hydrogen-bond acceptors (Lipinski definition) is 4. The van der Waals surface area contributed by atoms with E-state index in [2.05, 4.69) is 31.2 Å². The number of hydrogen-bond donors (Lipinski definition) is 5. The summed E-state index contributed by atoms with van der Waals surface area (Å²) in [5, 5.41) is 12.0. The third-order valence-corrected chi connectivity index (χ3v) is 5.54. The number of aromatic nitrogens is 2. The summed E-state index contributed by atoms with van der Waals surface area (Å²) in [7, 11) is 0. The second kappa shape index (κ2) is 9.54. The first-order valence-corrected chi connectivity index (χ1v) is 11.3. The van der Waals surface area contributed by atoms with Crippen LogP contribution in [-0.4, -0.2) is 21.9 Å². The highest BCUT2D eigenvalue weighted by molar-refractivity contribution is 6.35. The number of urea groups is 1. The Hall–Kier alpha value is -4.27. The molecule has 2 aromatic carbocycles. The highest BCUT2D eigenvalue weighted by Crippen LogP contribution is 2.35. The zero-order valence-electron chi connectivity index (χ0n) is 18.0. The molecule has 0 unspecified atom stereocenters. The number of nitrogens with zero attached hydrogens (tertiary/aromatic N) is 1. The minimum absolute atomic E-state index is 0.152. The van der Waals surface area contributed by atoms with Gasteiger partial charge in [0.25, 0.3) is 5.91 Å². The van der Waals surface area contributed by atoms with Gasteiger partial charge in [-0.05, 0) is 60.7 Å². The summed E-state index contributed by atoms with van der Waals surface area (Å²) in [5.41, 5.74) is 5.55. The third-order valence-electron chi connectivity index (χ3n) is 5.15. The van der Waals surface area contributed by atoms with Gasteiger partial charge in [0.2, 0.25) is 0 Å². The van der Waals surface area contributed by atoms with Gasteiger partial charge in [-0.2, -0.15) is 0 Å². The third kappa shape index (κ3) is 5.29. The van der Waals surface area contributed by atoms with Crippen molar-refractivity contribution in [3.8, 4) is 0 Å². The van der Waals surface area contributed by atoms with Gasteiger partial charge in [-0.15, -0.1) is 0 Å². The molecule has 35 heavy (non-hydrogen) atoms. The highest BCUT2D eigenvalue weighted by atomic mass is 35.5. The van der Waals surface area contributed by atoms with Crippen LogP contribution in [0.3, 0.4) is 0 Å². The summed E-state index contributed by atoms with van der Waals surface area (Å²) in [6.45, 7) is 0. The topological polar surface area (TPSA) is 111 Å². The lowest BCUT2D eigenvalue weighted by Crippen LogP contribution is -2.19. The maximum atomic E-state index is 12.5. The Bertz CT molecular complexity index is 1450. The molecule has 174 valence electrons. The summed E-state index contributed by atoms with van der Waals surface area (Å²) < 4.78 is 0. The monoisotopic (exact) mass is 504 g/mol. The number of aromatic amines is 1. The standard InChI is InChI=1S/C25H18Cl2N6O2/c26-22-12-18(13-23(27)33-22)31-25(35)30-16-4-1-3-15(9-16)29-17-6-7-19-20(10-14-5-2-8-28-14)24(34)32-21(19)11-17/h1-13,28-29H,(H,32,34)(H2,30,31,33,35). The van der Waals surface area contributed by atoms with E-state index in [1.54, 1.807) is 12.1 Å². The molecule has 8 nitrogen and oxygen atoms in total. The number of halogens is 2. The van der Waals surface area contributed by atoms with E-state index in [0.717, 1.165) is 28.3 Å². The van der Waals surface area contributed by atoms with E-state index in [0.29, 0.717) is 16.9 Å². The fourth-order valence-corrected chi connectivity index (χ4v) is 4.14. The van der Waals surface area contributed by atoms with Gasteiger partial charge in [0.1, 0.15) is 10.3 Å². The molecule has 1 aliphatic heterocycles. The van der Waals surface area contributed by atoms with Gasteiger partial charge in [0.05, 0.1) is 11.3 Å². The smallest absolute Gasteiger partial charge is 0.323 e. The SMILES string of the molecule is O=C(Nc1cccc(Nc2ccc3c(c2)NC(=O)C3=Cc2ccc[nH]2)c1)Nc1cc(Cl)nc(Cl)c1. The molecule has 0 bridgehead atoms. The van der Waals surface area contributed by atoms with Crippen LogP contribution in [-0.2, 0) is 4.79 Å². The first-order chi connectivity index (χ1) is 16.9. The number of carbonyl (C=O) groups excluding carboxylic acids is 2. The lowest BCUT2D eigenvalue weighted by molar-refractivity contribution is -0.110. The zero-order valence-corrected chi connectivity index (χ0v) is 19.5. The van der Waals surface area contributed by atoms with Gasteiger partial charge in [-0.1, -0.05) is 35.3 Å². The maximum absolute atomic E-state index is 12.5. The molecule has 10 heteroatoms. The predicted octanol–water partition coefficient (Wildman–Crippen LogP) is 6.60. The molecule has 1 aliphatic rings. The quantitative estimate of drug-likeness (QED) is 0.156. The van der Waals surface area contributed by atoms with E-state index in [-0.39, 0.29) is 16.2 Å². The van der Waals surface area contributed by atoms with E-state index in [4.69, 9.17) is 23.2 Å². The molecule has 5 N–H and O–H groups in total. The Morgan fingerprint density at radius 3 is 2.37 bits per heavy atom. The van der Waals surface area contributed by atoms with Crippen LogP contribution in [0.4, 0.5) is 33.2 Å². The number of fused-ring (bicyclic) bond motifs is 1. The number of carbonyl (C=O) groups is 2. The molecule has 0 saturated heterocycles. The summed E-state index contributed by atoms with van der Waals surface area (Å²) in [6.07, 6.45) is 3.63. The summed E-state index contributed by atoms with van der Waals surface area (Å²) in [6, 6.07) is 19.2. The highest BCUT2D eigenvalue weighted by Gasteiger charge is 2.24. The molecular formula is C25H18Cl2N6O2. The summed E-state index contributed by atoms with van der Waals surface area (Å²) in [4.78, 5) is 31.8. The van der Waals surface area contributed by atoms with Crippen LogP contribution < -0.4 is 21.3 Å². The van der Waals surface area contributed by atoms with Crippen LogP contribution in [0.2, 0.25) is 10.3 Å². The first kappa shape index (κ1) is 22.5. The summed E-state index contributed by atoms with van der Waals surface area (Å²) >= 11 is 11.7. The molecule has 4 aromatic rings. The zero-order chi connectivity index (χ0) is 24.4. The number of nitrogens with one attached hydrogen (secondary N) is 5. The molecule has 0 fully saturated rings. The number of H-pyrrole nitrogens is 1. The van der Waals surface area contributed by atoms with Gasteiger partial charge in [-0.25, -0.2) is 9.78 Å². The van der Waals surface area contributed by atoms with Crippen LogP contribution >= 0.6 is 23.2 Å². The van der Waals surface area contributed by atoms with Crippen LogP contribution in [0.25, 0.3) is 11.6 Å². The number of pyridine rings is 1. The van der Waals surface area contributed by atoms with Crippen molar-refractivity contribution in [3.05, 3.63) is 94.5 Å². The van der Waals surface area contributed by atoms with Crippen molar-refractivity contribution in [2.75, 3.05) is 21.3 Å². The van der Waals surface area contributed by atoms with E-state index in [1.165, 1.54) is 12.1 Å². The molecular weight excluding hydrogens is 487 g/mol. The number of rotatable bonds is 5. The lowest BCUT2D eigenvalue weighted by atomic mass is 10.1. The van der Waals surface area contributed by atoms with Gasteiger partial charge < -0.3 is 26.3 Å². The Balaban J connectivity index is 1.28. The average Bonchev–Trinajstić information content (AvgIpc) is 3.41. The van der Waals surface area contributed by atoms with Crippen molar-refractivity contribution >= 4 is 75.2 Å². The second-order valence-electron chi connectivity index (χ2n) is 7.68. The van der Waals surface area contributed by atoms with Crippen molar-refractivity contribution < 1.29 is 9.59 Å². The molecule has 3 heterocycles. The number of anilines is 5. The van der Waals surface area contributed by atoms with Crippen LogP contribution in [0, 0.1) is 0 Å². The molecule has 2 aromatic heterocycles. The minimum atomic E-state index is -0.456. The van der Waals surface area contributed by atoms with Crippen molar-refractivity contribution in [3.63, 3.8) is 0 Å². The number of benzene rings is 2. The first-order valence-electron chi connectivity index (χ1n) is 10.5. The van der Waals surface area contributed by atoms with Crippen molar-refractivity contribution in [2.24, 2.45) is 0 Å². The van der Waals surface area contributed by atoms with Crippen molar-refractivity contribution in [2.45, 2.75) is 0 Å². The molecule has 0 spiro atoms. The Kier molecular flexibility index (Phi) is 6.13. The van der Waals surface area contributed by atoms with Gasteiger partial charge >= 0.3 is 6.03 Å². The fraction of sp³-hybridized carbons (Fsp3) is 0. The van der Waals surface area contributed by atoms with Crippen LogP contribution in [0.5, 0.6) is 0 Å². The Morgan fingerprint density at radius 1 is 0.857 bits per heavy atom. The van der Waals surface area contributed by atoms with Gasteiger partial charge in [0, 0.05) is 40.2 Å². The molecule has 3 amide bonds. The normalized spacial score (nSPS) is 13.3. The number of amides is 3. The van der Waals surface area contributed by atoms with Crippen molar-refractivity contribution in [1.82, 2.24) is 9.97 Å². The van der Waals surface area contributed by atoms with Crippen LogP contribution in [0.1, 0.15) is 11.3 Å². The van der Waals surface area contributed by atoms with E-state index in [9.17, 15) is 9.59 Å². The molecule has 0 atom stereocenters. The molecule has 0 aliphatic carbocycles. The van der Waals surface area contributed by atoms with Crippen LogP contribution in [0.15, 0.2) is 72.9 Å². The van der Waals surface area contributed by atoms with E-state index in [1.807, 2.05) is 54.7 Å². The molecule has 0 radical (unpaired) electrons. The Labute approximate surface area is 210 Å². The summed E-state index contributed by atoms with van der Waals surface area (Å²) in [5.74, 6) is -0.152. The van der Waals surface area contributed by atoms with Crippen molar-refractivity contribution in [1.29, 1.82) is 0 Å². The Morgan fingerprint density at radius 2 is 1.60 bits per heavy atom. The molecule has 5 rings (SSSR count). The minimum Gasteiger partial charge on any atom is -0.362 e. The second-order valence-corrected chi connectivity index (χ2v) is 8.46. The largest absolute Gasteiger partial charge is 0.362 e. The average molecular weight is 505 g/mol. The fourth-order valence-electron chi connectivity index (χ4n) is 3.68. The van der Waals surface area contributed by atoms with E-state index < -0.39 is 6.03 Å². The van der Waals surface area contributed by atoms with Gasteiger partial charge in [-0.3, -0.25) is 4.79 Å².